The summed E-state index contributed by atoms with van der Waals surface area (Å²) in [5.74, 6) is 0. The average molecular weight is 245 g/mol. The molecule has 0 unspecified atom stereocenters. The Bertz CT molecular complexity index is 506. The maximum atomic E-state index is 5.96. The predicted molar refractivity (Wildman–Crippen MR) is 75.8 cm³/mol. The van der Waals surface area contributed by atoms with Gasteiger partial charge in [0, 0.05) is 37.9 Å². The first kappa shape index (κ1) is 12.5. The van der Waals surface area contributed by atoms with Crippen LogP contribution < -0.4 is 11.1 Å². The van der Waals surface area contributed by atoms with Crippen molar-refractivity contribution in [2.45, 2.75) is 6.42 Å². The number of ether oxygens (including phenoxy) is 1. The lowest BCUT2D eigenvalue weighted by molar-refractivity contribution is 0.202. The zero-order valence-corrected chi connectivity index (χ0v) is 10.8. The Hall–Kier alpha value is -1.94. The van der Waals surface area contributed by atoms with Crippen LogP contribution in [0.4, 0.5) is 11.4 Å². The second-order valence-electron chi connectivity index (χ2n) is 4.19. The number of nitrogen functional groups attached to an aromatic ring is 1. The summed E-state index contributed by atoms with van der Waals surface area (Å²) in [4.78, 5) is 3.08. The number of rotatable bonds is 5. The smallest absolute Gasteiger partial charge is 0.0503 e. The van der Waals surface area contributed by atoms with Crippen molar-refractivity contribution in [2.24, 2.45) is 0 Å². The van der Waals surface area contributed by atoms with Crippen molar-refractivity contribution in [1.82, 2.24) is 4.98 Å². The van der Waals surface area contributed by atoms with Gasteiger partial charge in [0.2, 0.25) is 0 Å². The molecule has 1 aromatic heterocycles. The minimum Gasteiger partial charge on any atom is -0.399 e. The standard InChI is InChI=1S/C14H19N3O/c1-16-14-8-11(15)7-13(10-3-5-17-9-10)12(14)4-6-18-2/h3,5,7-9,16-17H,4,6,15H2,1-2H3. The lowest BCUT2D eigenvalue weighted by atomic mass is 9.97. The van der Waals surface area contributed by atoms with Gasteiger partial charge in [0.1, 0.15) is 0 Å². The molecule has 2 rings (SSSR count). The van der Waals surface area contributed by atoms with Crippen LogP contribution in [0.5, 0.6) is 0 Å². The maximum Gasteiger partial charge on any atom is 0.0503 e. The Balaban J connectivity index is 2.51. The van der Waals surface area contributed by atoms with E-state index < -0.39 is 0 Å². The maximum absolute atomic E-state index is 5.96. The molecule has 0 atom stereocenters. The van der Waals surface area contributed by atoms with E-state index in [-0.39, 0.29) is 0 Å². The Morgan fingerprint density at radius 2 is 2.22 bits per heavy atom. The second-order valence-corrected chi connectivity index (χ2v) is 4.19. The minimum atomic E-state index is 0.690. The molecule has 0 saturated heterocycles. The number of anilines is 2. The summed E-state index contributed by atoms with van der Waals surface area (Å²) in [6.45, 7) is 0.690. The molecule has 0 spiro atoms. The molecule has 0 saturated carbocycles. The van der Waals surface area contributed by atoms with Gasteiger partial charge in [-0.05, 0) is 41.3 Å². The van der Waals surface area contributed by atoms with E-state index in [0.29, 0.717) is 6.61 Å². The van der Waals surface area contributed by atoms with Gasteiger partial charge in [-0.2, -0.15) is 0 Å². The number of nitrogens with one attached hydrogen (secondary N) is 2. The third-order valence-corrected chi connectivity index (χ3v) is 3.01. The highest BCUT2D eigenvalue weighted by Gasteiger charge is 2.11. The highest BCUT2D eigenvalue weighted by Crippen LogP contribution is 2.32. The molecule has 0 radical (unpaired) electrons. The van der Waals surface area contributed by atoms with E-state index in [0.717, 1.165) is 28.9 Å². The quantitative estimate of drug-likeness (QED) is 0.709. The fourth-order valence-corrected chi connectivity index (χ4v) is 2.14. The molecule has 2 aromatic rings. The summed E-state index contributed by atoms with van der Waals surface area (Å²) < 4.78 is 5.18. The molecule has 0 aliphatic carbocycles. The Morgan fingerprint density at radius 1 is 1.39 bits per heavy atom. The van der Waals surface area contributed by atoms with Gasteiger partial charge in [0.05, 0.1) is 6.61 Å². The number of hydrogen-bond donors (Lipinski definition) is 3. The van der Waals surface area contributed by atoms with Crippen molar-refractivity contribution in [3.05, 3.63) is 36.2 Å². The average Bonchev–Trinajstić information content (AvgIpc) is 2.90. The van der Waals surface area contributed by atoms with E-state index in [9.17, 15) is 0 Å². The van der Waals surface area contributed by atoms with Gasteiger partial charge in [-0.25, -0.2) is 0 Å². The van der Waals surface area contributed by atoms with Crippen molar-refractivity contribution in [2.75, 3.05) is 31.8 Å². The largest absolute Gasteiger partial charge is 0.399 e. The number of methoxy groups -OCH3 is 1. The zero-order chi connectivity index (χ0) is 13.0. The van der Waals surface area contributed by atoms with Crippen molar-refractivity contribution in [3.63, 3.8) is 0 Å². The van der Waals surface area contributed by atoms with Crippen LogP contribution in [0.15, 0.2) is 30.6 Å². The fourth-order valence-electron chi connectivity index (χ4n) is 2.14. The summed E-state index contributed by atoms with van der Waals surface area (Å²) >= 11 is 0. The number of H-pyrrole nitrogens is 1. The molecule has 0 amide bonds. The van der Waals surface area contributed by atoms with E-state index in [1.807, 2.05) is 37.6 Å². The highest BCUT2D eigenvalue weighted by molar-refractivity contribution is 5.78. The molecule has 0 aliphatic rings. The van der Waals surface area contributed by atoms with Gasteiger partial charge in [0.15, 0.2) is 0 Å². The van der Waals surface area contributed by atoms with Crippen LogP contribution in [0, 0.1) is 0 Å². The molecular weight excluding hydrogens is 226 g/mol. The first-order valence-corrected chi connectivity index (χ1v) is 5.98. The van der Waals surface area contributed by atoms with Gasteiger partial charge in [0.25, 0.3) is 0 Å². The minimum absolute atomic E-state index is 0.690. The van der Waals surface area contributed by atoms with Crippen LogP contribution in [0.25, 0.3) is 11.1 Å². The predicted octanol–water partition coefficient (Wildman–Crippen LogP) is 2.49. The number of aromatic nitrogens is 1. The van der Waals surface area contributed by atoms with Crippen LogP contribution >= 0.6 is 0 Å². The van der Waals surface area contributed by atoms with E-state index in [1.54, 1.807) is 7.11 Å². The van der Waals surface area contributed by atoms with Crippen molar-refractivity contribution in [1.29, 1.82) is 0 Å². The summed E-state index contributed by atoms with van der Waals surface area (Å²) in [6.07, 6.45) is 4.75. The lowest BCUT2D eigenvalue weighted by Crippen LogP contribution is -2.03. The van der Waals surface area contributed by atoms with Gasteiger partial charge in [-0.15, -0.1) is 0 Å². The van der Waals surface area contributed by atoms with Crippen LogP contribution in [-0.4, -0.2) is 25.7 Å². The van der Waals surface area contributed by atoms with Crippen LogP contribution in [-0.2, 0) is 11.2 Å². The molecule has 0 aliphatic heterocycles. The van der Waals surface area contributed by atoms with E-state index in [4.69, 9.17) is 10.5 Å². The Labute approximate surface area is 107 Å². The SMILES string of the molecule is CNc1cc(N)cc(-c2cc[nH]c2)c1CCOC. The number of aromatic amines is 1. The van der Waals surface area contributed by atoms with Gasteiger partial charge in [-0.1, -0.05) is 0 Å². The Morgan fingerprint density at radius 3 is 2.83 bits per heavy atom. The molecular formula is C14H19N3O. The monoisotopic (exact) mass is 245 g/mol. The molecule has 4 nitrogen and oxygen atoms in total. The van der Waals surface area contributed by atoms with Gasteiger partial charge >= 0.3 is 0 Å². The number of hydrogen-bond acceptors (Lipinski definition) is 3. The van der Waals surface area contributed by atoms with E-state index in [2.05, 4.69) is 10.3 Å². The van der Waals surface area contributed by atoms with Gasteiger partial charge < -0.3 is 20.8 Å². The summed E-state index contributed by atoms with van der Waals surface area (Å²) in [6, 6.07) is 6.01. The molecule has 0 fully saturated rings. The van der Waals surface area contributed by atoms with Crippen LogP contribution in [0.3, 0.4) is 0 Å². The van der Waals surface area contributed by atoms with Crippen molar-refractivity contribution < 1.29 is 4.74 Å². The zero-order valence-electron chi connectivity index (χ0n) is 10.8. The van der Waals surface area contributed by atoms with E-state index >= 15 is 0 Å². The highest BCUT2D eigenvalue weighted by atomic mass is 16.5. The molecule has 1 aromatic carbocycles. The first-order chi connectivity index (χ1) is 8.76. The molecule has 96 valence electrons. The lowest BCUT2D eigenvalue weighted by Gasteiger charge is -2.15. The van der Waals surface area contributed by atoms with Crippen LogP contribution in [0.2, 0.25) is 0 Å². The third kappa shape index (κ3) is 2.49. The third-order valence-electron chi connectivity index (χ3n) is 3.01. The van der Waals surface area contributed by atoms with Crippen LogP contribution in [0.1, 0.15) is 5.56 Å². The second kappa shape index (κ2) is 5.60. The molecule has 1 heterocycles. The van der Waals surface area contributed by atoms with Crippen molar-refractivity contribution in [3.8, 4) is 11.1 Å². The summed E-state index contributed by atoms with van der Waals surface area (Å²) in [7, 11) is 3.62. The topological polar surface area (TPSA) is 63.1 Å². The summed E-state index contributed by atoms with van der Waals surface area (Å²) in [5.41, 5.74) is 11.3. The molecule has 0 bridgehead atoms. The van der Waals surface area contributed by atoms with Crippen molar-refractivity contribution >= 4 is 11.4 Å². The van der Waals surface area contributed by atoms with E-state index in [1.165, 1.54) is 5.56 Å². The number of nitrogens with two attached hydrogens (primary N) is 1. The molecule has 4 N–H and O–H groups in total. The molecule has 4 heteroatoms. The fraction of sp³-hybridized carbons (Fsp3) is 0.286. The van der Waals surface area contributed by atoms with Gasteiger partial charge in [-0.3, -0.25) is 0 Å². The Kier molecular flexibility index (Phi) is 3.89. The first-order valence-electron chi connectivity index (χ1n) is 5.98. The summed E-state index contributed by atoms with van der Waals surface area (Å²) in [5, 5.41) is 3.20. The molecule has 18 heavy (non-hydrogen) atoms. The number of benzene rings is 1. The normalized spacial score (nSPS) is 10.6.